The number of aliphatic hydroxyl groups is 1. The first-order valence-electron chi connectivity index (χ1n) is 9.02. The number of hydrogen-bond acceptors (Lipinski definition) is 7. The minimum Gasteiger partial charge on any atom is -0.394 e. The number of ether oxygens (including phenoxy) is 2. The smallest absolute Gasteiger partial charge is 0.0698 e. The fourth-order valence-electron chi connectivity index (χ4n) is 3.02. The van der Waals surface area contributed by atoms with Crippen LogP contribution in [0.15, 0.2) is 0 Å². The SMILES string of the molecule is OCCOCCN1CCN(CCOCCN2CCNCC2)CC1. The van der Waals surface area contributed by atoms with Gasteiger partial charge in [-0.25, -0.2) is 0 Å². The summed E-state index contributed by atoms with van der Waals surface area (Å²) in [6.45, 7) is 15.0. The number of hydrogen-bond donors (Lipinski definition) is 2. The summed E-state index contributed by atoms with van der Waals surface area (Å²) in [4.78, 5) is 7.38. The Morgan fingerprint density at radius 2 is 1.09 bits per heavy atom. The lowest BCUT2D eigenvalue weighted by Crippen LogP contribution is -2.48. The molecule has 2 heterocycles. The second-order valence-corrected chi connectivity index (χ2v) is 6.22. The first kappa shape index (κ1) is 19.1. The highest BCUT2D eigenvalue weighted by Gasteiger charge is 2.16. The standard InChI is InChI=1S/C16H34N4O3/c21-12-16-23-15-11-20-7-5-19(6-8-20)10-14-22-13-9-18-3-1-17-2-4-18/h17,21H,1-16H2. The zero-order chi connectivity index (χ0) is 16.2. The Balaban J connectivity index is 1.40. The van der Waals surface area contributed by atoms with E-state index >= 15 is 0 Å². The van der Waals surface area contributed by atoms with Crippen LogP contribution >= 0.6 is 0 Å². The molecule has 2 N–H and O–H groups in total. The van der Waals surface area contributed by atoms with Gasteiger partial charge in [0.25, 0.3) is 0 Å². The van der Waals surface area contributed by atoms with E-state index in [1.54, 1.807) is 0 Å². The third-order valence-corrected chi connectivity index (χ3v) is 4.57. The molecule has 23 heavy (non-hydrogen) atoms. The molecule has 0 radical (unpaired) electrons. The Hall–Kier alpha value is -0.280. The van der Waals surface area contributed by atoms with Crippen LogP contribution in [0.4, 0.5) is 0 Å². The molecule has 2 rings (SSSR count). The zero-order valence-electron chi connectivity index (χ0n) is 14.4. The van der Waals surface area contributed by atoms with Gasteiger partial charge in [0, 0.05) is 72.0 Å². The highest BCUT2D eigenvalue weighted by molar-refractivity contribution is 4.71. The molecule has 0 saturated carbocycles. The highest BCUT2D eigenvalue weighted by Crippen LogP contribution is 2.01. The Bertz CT molecular complexity index is 282. The summed E-state index contributed by atoms with van der Waals surface area (Å²) in [5, 5.41) is 12.0. The van der Waals surface area contributed by atoms with Gasteiger partial charge in [-0.3, -0.25) is 14.7 Å². The predicted molar refractivity (Wildman–Crippen MR) is 90.9 cm³/mol. The maximum absolute atomic E-state index is 8.67. The van der Waals surface area contributed by atoms with Crippen molar-refractivity contribution in [3.05, 3.63) is 0 Å². The summed E-state index contributed by atoms with van der Waals surface area (Å²) < 4.78 is 11.1. The highest BCUT2D eigenvalue weighted by atomic mass is 16.5. The van der Waals surface area contributed by atoms with Crippen molar-refractivity contribution >= 4 is 0 Å². The molecule has 0 aromatic heterocycles. The third-order valence-electron chi connectivity index (χ3n) is 4.57. The Kier molecular flexibility index (Phi) is 10.1. The summed E-state index contributed by atoms with van der Waals surface area (Å²) in [5.74, 6) is 0. The largest absolute Gasteiger partial charge is 0.394 e. The van der Waals surface area contributed by atoms with Crippen LogP contribution in [0.5, 0.6) is 0 Å². The fraction of sp³-hybridized carbons (Fsp3) is 1.00. The van der Waals surface area contributed by atoms with Crippen LogP contribution in [-0.2, 0) is 9.47 Å². The molecule has 0 aromatic carbocycles. The number of nitrogens with one attached hydrogen (secondary N) is 1. The van der Waals surface area contributed by atoms with Crippen LogP contribution in [0.25, 0.3) is 0 Å². The van der Waals surface area contributed by atoms with E-state index in [1.165, 1.54) is 0 Å². The molecule has 0 amide bonds. The summed E-state index contributed by atoms with van der Waals surface area (Å²) in [7, 11) is 0. The van der Waals surface area contributed by atoms with Crippen LogP contribution in [0.2, 0.25) is 0 Å². The Morgan fingerprint density at radius 1 is 0.652 bits per heavy atom. The van der Waals surface area contributed by atoms with Gasteiger partial charge in [0.15, 0.2) is 0 Å². The molecule has 2 aliphatic rings. The molecule has 0 aromatic rings. The second-order valence-electron chi connectivity index (χ2n) is 6.22. The third kappa shape index (κ3) is 8.39. The van der Waals surface area contributed by atoms with E-state index in [0.717, 1.165) is 91.8 Å². The molecule has 2 aliphatic heterocycles. The van der Waals surface area contributed by atoms with Crippen molar-refractivity contribution in [2.24, 2.45) is 0 Å². The van der Waals surface area contributed by atoms with Crippen LogP contribution in [-0.4, -0.2) is 125 Å². The van der Waals surface area contributed by atoms with Gasteiger partial charge in [0.05, 0.1) is 33.0 Å². The number of rotatable bonds is 11. The molecule has 0 bridgehead atoms. The fourth-order valence-corrected chi connectivity index (χ4v) is 3.02. The van der Waals surface area contributed by atoms with Gasteiger partial charge in [0.1, 0.15) is 0 Å². The first-order chi connectivity index (χ1) is 11.4. The van der Waals surface area contributed by atoms with Gasteiger partial charge >= 0.3 is 0 Å². The summed E-state index contributed by atoms with van der Waals surface area (Å²) in [6.07, 6.45) is 0. The quantitative estimate of drug-likeness (QED) is 0.449. The lowest BCUT2D eigenvalue weighted by atomic mass is 10.3. The van der Waals surface area contributed by atoms with E-state index in [1.807, 2.05) is 0 Å². The Labute approximate surface area is 140 Å². The minimum atomic E-state index is 0.114. The van der Waals surface area contributed by atoms with Crippen LogP contribution in [0, 0.1) is 0 Å². The predicted octanol–water partition coefficient (Wildman–Crippen LogP) is -1.47. The van der Waals surface area contributed by atoms with Gasteiger partial charge in [-0.15, -0.1) is 0 Å². The molecule has 7 nitrogen and oxygen atoms in total. The van der Waals surface area contributed by atoms with Crippen molar-refractivity contribution in [3.8, 4) is 0 Å². The van der Waals surface area contributed by atoms with Crippen LogP contribution < -0.4 is 5.32 Å². The molecule has 2 saturated heterocycles. The van der Waals surface area contributed by atoms with E-state index in [2.05, 4.69) is 20.0 Å². The topological polar surface area (TPSA) is 60.4 Å². The zero-order valence-corrected chi connectivity index (χ0v) is 14.4. The Morgan fingerprint density at radius 3 is 1.57 bits per heavy atom. The first-order valence-corrected chi connectivity index (χ1v) is 9.02. The second kappa shape index (κ2) is 12.1. The molecule has 0 spiro atoms. The van der Waals surface area contributed by atoms with Gasteiger partial charge in [-0.2, -0.15) is 0 Å². The molecule has 7 heteroatoms. The van der Waals surface area contributed by atoms with Crippen LogP contribution in [0.3, 0.4) is 0 Å². The van der Waals surface area contributed by atoms with Crippen molar-refractivity contribution in [3.63, 3.8) is 0 Å². The maximum atomic E-state index is 8.67. The average molecular weight is 330 g/mol. The van der Waals surface area contributed by atoms with Gasteiger partial charge in [0.2, 0.25) is 0 Å². The monoisotopic (exact) mass is 330 g/mol. The van der Waals surface area contributed by atoms with E-state index in [4.69, 9.17) is 14.6 Å². The van der Waals surface area contributed by atoms with Gasteiger partial charge < -0.3 is 19.9 Å². The summed E-state index contributed by atoms with van der Waals surface area (Å²) in [5.41, 5.74) is 0. The van der Waals surface area contributed by atoms with Gasteiger partial charge in [-0.05, 0) is 0 Å². The van der Waals surface area contributed by atoms with Crippen molar-refractivity contribution < 1.29 is 14.6 Å². The number of aliphatic hydroxyl groups excluding tert-OH is 1. The average Bonchev–Trinajstić information content (AvgIpc) is 2.60. The summed E-state index contributed by atoms with van der Waals surface area (Å²) in [6, 6.07) is 0. The maximum Gasteiger partial charge on any atom is 0.0698 e. The number of piperazine rings is 2. The summed E-state index contributed by atoms with van der Waals surface area (Å²) >= 11 is 0. The van der Waals surface area contributed by atoms with E-state index in [0.29, 0.717) is 6.61 Å². The lowest BCUT2D eigenvalue weighted by Gasteiger charge is -2.34. The molecule has 2 fully saturated rings. The van der Waals surface area contributed by atoms with E-state index in [9.17, 15) is 0 Å². The molecule has 0 atom stereocenters. The van der Waals surface area contributed by atoms with Crippen molar-refractivity contribution in [2.45, 2.75) is 0 Å². The number of nitrogens with zero attached hydrogens (tertiary/aromatic N) is 3. The molecule has 0 aliphatic carbocycles. The van der Waals surface area contributed by atoms with Crippen LogP contribution in [0.1, 0.15) is 0 Å². The van der Waals surface area contributed by atoms with E-state index < -0.39 is 0 Å². The van der Waals surface area contributed by atoms with Crippen molar-refractivity contribution in [2.75, 3.05) is 105 Å². The molecular formula is C16H34N4O3. The lowest BCUT2D eigenvalue weighted by molar-refractivity contribution is 0.0436. The normalized spacial score (nSPS) is 21.8. The van der Waals surface area contributed by atoms with Crippen molar-refractivity contribution in [1.82, 2.24) is 20.0 Å². The van der Waals surface area contributed by atoms with Gasteiger partial charge in [-0.1, -0.05) is 0 Å². The molecule has 136 valence electrons. The van der Waals surface area contributed by atoms with E-state index in [-0.39, 0.29) is 6.61 Å². The molecule has 0 unspecified atom stereocenters. The minimum absolute atomic E-state index is 0.114. The molecular weight excluding hydrogens is 296 g/mol. The van der Waals surface area contributed by atoms with Crippen molar-refractivity contribution in [1.29, 1.82) is 0 Å².